The third-order valence-electron chi connectivity index (χ3n) is 3.10. The van der Waals surface area contributed by atoms with Gasteiger partial charge in [0.15, 0.2) is 0 Å². The first-order valence-corrected chi connectivity index (χ1v) is 7.60. The second-order valence-corrected chi connectivity index (χ2v) is 6.56. The summed E-state index contributed by atoms with van der Waals surface area (Å²) in [4.78, 5) is 1.09. The molecule has 2 unspecified atom stereocenters. The van der Waals surface area contributed by atoms with Crippen LogP contribution in [0, 0.1) is 0 Å². The molecule has 0 aliphatic heterocycles. The van der Waals surface area contributed by atoms with Crippen LogP contribution in [0.2, 0.25) is 10.0 Å². The quantitative estimate of drug-likeness (QED) is 0.791. The van der Waals surface area contributed by atoms with Crippen LogP contribution in [0.25, 0.3) is 0 Å². The maximum Gasteiger partial charge on any atom is 0.0662 e. The van der Waals surface area contributed by atoms with Crippen molar-refractivity contribution in [3.05, 3.63) is 28.2 Å². The Hall–Kier alpha value is 0.110. The molecule has 1 aromatic rings. The average molecular weight is 291 g/mol. The van der Waals surface area contributed by atoms with Crippen molar-refractivity contribution in [1.82, 2.24) is 0 Å². The summed E-state index contributed by atoms with van der Waals surface area (Å²) >= 11 is 13.6. The maximum absolute atomic E-state index is 10.1. The van der Waals surface area contributed by atoms with Crippen LogP contribution in [0.5, 0.6) is 0 Å². The number of hydrogen-bond acceptors (Lipinski definition) is 2. The fraction of sp³-hybridized carbons (Fsp3) is 0.538. The van der Waals surface area contributed by atoms with Crippen molar-refractivity contribution in [3.8, 4) is 0 Å². The molecule has 0 aromatic heterocycles. The highest BCUT2D eigenvalue weighted by molar-refractivity contribution is 8.00. The largest absolute Gasteiger partial charge is 0.392 e. The molecule has 1 fully saturated rings. The first-order valence-electron chi connectivity index (χ1n) is 5.96. The van der Waals surface area contributed by atoms with E-state index in [-0.39, 0.29) is 11.4 Å². The zero-order chi connectivity index (χ0) is 12.3. The number of rotatable bonds is 2. The van der Waals surface area contributed by atoms with Gasteiger partial charge in [-0.05, 0) is 31.0 Å². The Kier molecular flexibility index (Phi) is 5.04. The van der Waals surface area contributed by atoms with Gasteiger partial charge in [0.25, 0.3) is 0 Å². The predicted molar refractivity (Wildman–Crippen MR) is 75.2 cm³/mol. The molecule has 1 aliphatic carbocycles. The number of halogens is 2. The van der Waals surface area contributed by atoms with Crippen LogP contribution in [0.1, 0.15) is 32.1 Å². The van der Waals surface area contributed by atoms with Gasteiger partial charge in [0, 0.05) is 10.1 Å². The fourth-order valence-corrected chi connectivity index (χ4v) is 3.74. The van der Waals surface area contributed by atoms with Crippen LogP contribution in [0.3, 0.4) is 0 Å². The van der Waals surface area contributed by atoms with E-state index in [0.29, 0.717) is 10.0 Å². The van der Waals surface area contributed by atoms with Crippen LogP contribution in [0.4, 0.5) is 0 Å². The standard InChI is InChI=1S/C13H16Cl2OS/c14-10-7-6-9(8-11(10)15)17-13-5-3-1-2-4-12(13)16/h6-8,12-13,16H,1-5H2. The molecule has 1 N–H and O–H groups in total. The summed E-state index contributed by atoms with van der Waals surface area (Å²) < 4.78 is 0. The lowest BCUT2D eigenvalue weighted by Gasteiger charge is -2.19. The molecule has 1 aromatic carbocycles. The molecular weight excluding hydrogens is 275 g/mol. The molecule has 2 rings (SSSR count). The predicted octanol–water partition coefficient (Wildman–Crippen LogP) is 4.78. The molecule has 1 nitrogen and oxygen atoms in total. The third kappa shape index (κ3) is 3.78. The van der Waals surface area contributed by atoms with E-state index in [1.807, 2.05) is 18.2 Å². The van der Waals surface area contributed by atoms with Crippen molar-refractivity contribution in [2.45, 2.75) is 48.4 Å². The van der Waals surface area contributed by atoms with E-state index < -0.39 is 0 Å². The minimum atomic E-state index is -0.197. The van der Waals surface area contributed by atoms with E-state index in [2.05, 4.69) is 0 Å². The topological polar surface area (TPSA) is 20.2 Å². The molecule has 0 spiro atoms. The SMILES string of the molecule is OC1CCCCCC1Sc1ccc(Cl)c(Cl)c1. The Bertz CT molecular complexity index is 384. The van der Waals surface area contributed by atoms with Gasteiger partial charge in [-0.3, -0.25) is 0 Å². The van der Waals surface area contributed by atoms with Crippen molar-refractivity contribution < 1.29 is 5.11 Å². The van der Waals surface area contributed by atoms with Gasteiger partial charge in [0.1, 0.15) is 0 Å². The lowest BCUT2D eigenvalue weighted by Crippen LogP contribution is -2.21. The minimum Gasteiger partial charge on any atom is -0.392 e. The van der Waals surface area contributed by atoms with E-state index in [1.54, 1.807) is 11.8 Å². The van der Waals surface area contributed by atoms with E-state index >= 15 is 0 Å². The monoisotopic (exact) mass is 290 g/mol. The Morgan fingerprint density at radius 1 is 1.06 bits per heavy atom. The molecule has 1 aliphatic rings. The third-order valence-corrected chi connectivity index (χ3v) is 5.21. The molecule has 0 heterocycles. The molecule has 2 atom stereocenters. The van der Waals surface area contributed by atoms with E-state index in [1.165, 1.54) is 12.8 Å². The number of aliphatic hydroxyl groups is 1. The molecule has 4 heteroatoms. The van der Waals surface area contributed by atoms with Crippen LogP contribution in [-0.4, -0.2) is 16.5 Å². The Balaban J connectivity index is 2.05. The summed E-state index contributed by atoms with van der Waals surface area (Å²) in [6, 6.07) is 5.66. The van der Waals surface area contributed by atoms with Gasteiger partial charge in [-0.2, -0.15) is 0 Å². The van der Waals surface area contributed by atoms with E-state index in [4.69, 9.17) is 23.2 Å². The first-order chi connectivity index (χ1) is 8.16. The van der Waals surface area contributed by atoms with Gasteiger partial charge in [-0.25, -0.2) is 0 Å². The highest BCUT2D eigenvalue weighted by Gasteiger charge is 2.22. The molecule has 0 amide bonds. The lowest BCUT2D eigenvalue weighted by molar-refractivity contribution is 0.163. The lowest BCUT2D eigenvalue weighted by atomic mass is 10.1. The second kappa shape index (κ2) is 6.33. The molecule has 17 heavy (non-hydrogen) atoms. The number of thioether (sulfide) groups is 1. The number of benzene rings is 1. The highest BCUT2D eigenvalue weighted by atomic mass is 35.5. The molecule has 94 valence electrons. The smallest absolute Gasteiger partial charge is 0.0662 e. The Morgan fingerprint density at radius 2 is 1.82 bits per heavy atom. The van der Waals surface area contributed by atoms with Crippen LogP contribution >= 0.6 is 35.0 Å². The zero-order valence-corrected chi connectivity index (χ0v) is 11.9. The van der Waals surface area contributed by atoms with Crippen LogP contribution in [-0.2, 0) is 0 Å². The summed E-state index contributed by atoms with van der Waals surface area (Å²) in [5.41, 5.74) is 0. The maximum atomic E-state index is 10.1. The van der Waals surface area contributed by atoms with E-state index in [9.17, 15) is 5.11 Å². The highest BCUT2D eigenvalue weighted by Crippen LogP contribution is 2.35. The molecule has 0 bridgehead atoms. The molecule has 0 saturated heterocycles. The molecule has 1 saturated carbocycles. The normalized spacial score (nSPS) is 25.6. The summed E-state index contributed by atoms with van der Waals surface area (Å²) in [5.74, 6) is 0. The van der Waals surface area contributed by atoms with Crippen molar-refractivity contribution in [2.24, 2.45) is 0 Å². The van der Waals surface area contributed by atoms with Gasteiger partial charge in [-0.15, -0.1) is 11.8 Å². The van der Waals surface area contributed by atoms with Gasteiger partial charge in [-0.1, -0.05) is 42.5 Å². The van der Waals surface area contributed by atoms with Crippen molar-refractivity contribution in [1.29, 1.82) is 0 Å². The van der Waals surface area contributed by atoms with Gasteiger partial charge in [0.05, 0.1) is 16.1 Å². The summed E-state index contributed by atoms with van der Waals surface area (Å²) in [6.07, 6.45) is 5.37. The van der Waals surface area contributed by atoms with Crippen LogP contribution in [0.15, 0.2) is 23.1 Å². The number of aliphatic hydroxyl groups excluding tert-OH is 1. The van der Waals surface area contributed by atoms with Gasteiger partial charge < -0.3 is 5.11 Å². The summed E-state index contributed by atoms with van der Waals surface area (Å²) in [7, 11) is 0. The fourth-order valence-electron chi connectivity index (χ4n) is 2.12. The summed E-state index contributed by atoms with van der Waals surface area (Å²) in [6.45, 7) is 0. The summed E-state index contributed by atoms with van der Waals surface area (Å²) in [5, 5.41) is 11.5. The van der Waals surface area contributed by atoms with Crippen molar-refractivity contribution in [3.63, 3.8) is 0 Å². The average Bonchev–Trinajstić information content (AvgIpc) is 2.50. The minimum absolute atomic E-state index is 0.197. The van der Waals surface area contributed by atoms with Gasteiger partial charge in [0.2, 0.25) is 0 Å². The Labute approximate surface area is 117 Å². The first kappa shape index (κ1) is 13.5. The Morgan fingerprint density at radius 3 is 2.59 bits per heavy atom. The zero-order valence-electron chi connectivity index (χ0n) is 9.53. The number of hydrogen-bond donors (Lipinski definition) is 1. The molecular formula is C13H16Cl2OS. The van der Waals surface area contributed by atoms with Crippen molar-refractivity contribution in [2.75, 3.05) is 0 Å². The van der Waals surface area contributed by atoms with Crippen LogP contribution < -0.4 is 0 Å². The van der Waals surface area contributed by atoms with Crippen molar-refractivity contribution >= 4 is 35.0 Å². The van der Waals surface area contributed by atoms with E-state index in [0.717, 1.165) is 24.2 Å². The molecule has 0 radical (unpaired) electrons. The van der Waals surface area contributed by atoms with Gasteiger partial charge >= 0.3 is 0 Å². The second-order valence-electron chi connectivity index (χ2n) is 4.44.